The maximum absolute atomic E-state index is 13.0. The molecule has 0 bridgehead atoms. The van der Waals surface area contributed by atoms with Crippen LogP contribution in [0.25, 0.3) is 0 Å². The molecule has 0 radical (unpaired) electrons. The maximum atomic E-state index is 13.0. The molecule has 9 heteroatoms. The van der Waals surface area contributed by atoms with Gasteiger partial charge in [-0.2, -0.15) is 0 Å². The number of pyridine rings is 1. The number of ether oxygens (including phenoxy) is 2. The summed E-state index contributed by atoms with van der Waals surface area (Å²) in [5, 5.41) is 8.86. The Balaban J connectivity index is 1.20. The van der Waals surface area contributed by atoms with Gasteiger partial charge in [-0.05, 0) is 57.1 Å². The van der Waals surface area contributed by atoms with E-state index < -0.39 is 6.16 Å². The Hall–Kier alpha value is -2.55. The lowest BCUT2D eigenvalue weighted by Gasteiger charge is -2.44. The van der Waals surface area contributed by atoms with Gasteiger partial charge in [-0.3, -0.25) is 14.8 Å². The molecule has 4 aliphatic rings. The van der Waals surface area contributed by atoms with Gasteiger partial charge in [0.25, 0.3) is 0 Å². The van der Waals surface area contributed by atoms with Crippen molar-refractivity contribution in [3.05, 3.63) is 24.5 Å². The highest BCUT2D eigenvalue weighted by molar-refractivity contribution is 5.71. The molecule has 174 valence electrons. The highest BCUT2D eigenvalue weighted by Gasteiger charge is 2.51. The molecule has 2 unspecified atom stereocenters. The summed E-state index contributed by atoms with van der Waals surface area (Å²) in [4.78, 5) is 34.7. The van der Waals surface area contributed by atoms with Gasteiger partial charge < -0.3 is 19.5 Å². The molecule has 1 amide bonds. The van der Waals surface area contributed by atoms with Gasteiger partial charge >= 0.3 is 12.2 Å². The SMILES string of the molecule is O=C(O)OC1CCN([C@H]2CCCC3C2OC(=O)N3C2CCN(c3ccncc3)CC2)CC1. The molecule has 1 saturated carbocycles. The summed E-state index contributed by atoms with van der Waals surface area (Å²) in [6.45, 7) is 3.42. The molecule has 4 heterocycles. The lowest BCUT2D eigenvalue weighted by atomic mass is 9.85. The minimum absolute atomic E-state index is 0.0913. The van der Waals surface area contributed by atoms with E-state index in [1.165, 1.54) is 5.69 Å². The first kappa shape index (κ1) is 21.3. The van der Waals surface area contributed by atoms with Crippen molar-refractivity contribution in [2.45, 2.75) is 75.3 Å². The van der Waals surface area contributed by atoms with Crippen LogP contribution >= 0.6 is 0 Å². The smallest absolute Gasteiger partial charge is 0.450 e. The van der Waals surface area contributed by atoms with Gasteiger partial charge in [0.05, 0.1) is 6.04 Å². The van der Waals surface area contributed by atoms with E-state index in [1.807, 2.05) is 24.5 Å². The van der Waals surface area contributed by atoms with Crippen LogP contribution < -0.4 is 4.90 Å². The zero-order valence-electron chi connectivity index (χ0n) is 18.3. The van der Waals surface area contributed by atoms with Gasteiger partial charge in [-0.15, -0.1) is 0 Å². The van der Waals surface area contributed by atoms with Crippen molar-refractivity contribution in [3.8, 4) is 0 Å². The number of carbonyl (C=O) groups is 2. The molecule has 1 aromatic rings. The minimum atomic E-state index is -1.20. The predicted molar refractivity (Wildman–Crippen MR) is 117 cm³/mol. The quantitative estimate of drug-likeness (QED) is 0.709. The number of piperidine rings is 2. The van der Waals surface area contributed by atoms with Gasteiger partial charge in [0.2, 0.25) is 0 Å². The van der Waals surface area contributed by atoms with Crippen LogP contribution in [0, 0.1) is 0 Å². The van der Waals surface area contributed by atoms with E-state index in [-0.39, 0.29) is 36.4 Å². The summed E-state index contributed by atoms with van der Waals surface area (Å²) in [5.74, 6) is 0. The summed E-state index contributed by atoms with van der Waals surface area (Å²) in [6, 6.07) is 4.66. The number of amides is 1. The molecule has 1 aromatic heterocycles. The maximum Gasteiger partial charge on any atom is 0.506 e. The Morgan fingerprint density at radius 2 is 1.69 bits per heavy atom. The fraction of sp³-hybridized carbons (Fsp3) is 0.696. The minimum Gasteiger partial charge on any atom is -0.450 e. The molecule has 4 fully saturated rings. The molecule has 0 aromatic carbocycles. The number of carboxylic acid groups (broad SMARTS) is 1. The highest BCUT2D eigenvalue weighted by Crippen LogP contribution is 2.38. The van der Waals surface area contributed by atoms with Crippen LogP contribution in [-0.4, -0.2) is 88.7 Å². The van der Waals surface area contributed by atoms with E-state index in [9.17, 15) is 9.59 Å². The van der Waals surface area contributed by atoms with Crippen molar-refractivity contribution in [2.75, 3.05) is 31.1 Å². The van der Waals surface area contributed by atoms with Crippen molar-refractivity contribution in [1.29, 1.82) is 0 Å². The lowest BCUT2D eigenvalue weighted by Crippen LogP contribution is -2.56. The van der Waals surface area contributed by atoms with E-state index in [2.05, 4.69) is 19.7 Å². The van der Waals surface area contributed by atoms with Crippen LogP contribution in [0.3, 0.4) is 0 Å². The van der Waals surface area contributed by atoms with E-state index >= 15 is 0 Å². The molecule has 1 N–H and O–H groups in total. The third kappa shape index (κ3) is 4.22. The Labute approximate surface area is 188 Å². The summed E-state index contributed by atoms with van der Waals surface area (Å²) in [7, 11) is 0. The number of likely N-dealkylation sites (tertiary alicyclic amines) is 1. The summed E-state index contributed by atoms with van der Waals surface area (Å²) in [6.07, 6.45) is 8.37. The van der Waals surface area contributed by atoms with Gasteiger partial charge in [-0.25, -0.2) is 9.59 Å². The molecule has 32 heavy (non-hydrogen) atoms. The Morgan fingerprint density at radius 3 is 2.38 bits per heavy atom. The van der Waals surface area contributed by atoms with Crippen LogP contribution in [0.4, 0.5) is 15.3 Å². The topological polar surface area (TPSA) is 95.4 Å². The Bertz CT molecular complexity index is 808. The van der Waals surface area contributed by atoms with Crippen LogP contribution in [0.15, 0.2) is 24.5 Å². The second-order valence-corrected chi connectivity index (χ2v) is 9.36. The van der Waals surface area contributed by atoms with Crippen molar-refractivity contribution >= 4 is 17.9 Å². The molecule has 9 nitrogen and oxygen atoms in total. The summed E-state index contributed by atoms with van der Waals surface area (Å²) >= 11 is 0. The van der Waals surface area contributed by atoms with Crippen LogP contribution in [0.1, 0.15) is 44.9 Å². The standard InChI is InChI=1S/C23H32N4O5/c28-22-27(17-6-12-25(13-7-17)16-4-10-24-11-5-16)20-3-1-2-19(21(20)32-22)26-14-8-18(9-15-26)31-23(29)30/h4-5,10-11,17-21H,1-3,6-9,12-15H2,(H,29,30)/t19-,20?,21?/m0/s1. The first-order valence-electron chi connectivity index (χ1n) is 11.9. The molecule has 0 spiro atoms. The fourth-order valence-corrected chi connectivity index (χ4v) is 6.12. The summed E-state index contributed by atoms with van der Waals surface area (Å²) in [5.41, 5.74) is 1.19. The number of rotatable bonds is 4. The van der Waals surface area contributed by atoms with Gasteiger partial charge in [0.15, 0.2) is 0 Å². The summed E-state index contributed by atoms with van der Waals surface area (Å²) < 4.78 is 11.0. The van der Waals surface area contributed by atoms with Crippen molar-refractivity contribution in [2.24, 2.45) is 0 Å². The number of hydrogen-bond acceptors (Lipinski definition) is 7. The molecular weight excluding hydrogens is 412 g/mol. The second-order valence-electron chi connectivity index (χ2n) is 9.36. The number of hydrogen-bond donors (Lipinski definition) is 1. The largest absolute Gasteiger partial charge is 0.506 e. The second kappa shape index (κ2) is 9.13. The molecular formula is C23H32N4O5. The zero-order valence-corrected chi connectivity index (χ0v) is 18.3. The van der Waals surface area contributed by atoms with E-state index in [4.69, 9.17) is 14.6 Å². The molecule has 1 aliphatic carbocycles. The number of fused-ring (bicyclic) bond motifs is 1. The molecule has 3 atom stereocenters. The predicted octanol–water partition coefficient (Wildman–Crippen LogP) is 2.95. The first-order valence-corrected chi connectivity index (χ1v) is 11.9. The van der Waals surface area contributed by atoms with Crippen LogP contribution in [0.5, 0.6) is 0 Å². The zero-order chi connectivity index (χ0) is 22.1. The van der Waals surface area contributed by atoms with Crippen LogP contribution in [0.2, 0.25) is 0 Å². The van der Waals surface area contributed by atoms with Gasteiger partial charge in [-0.1, -0.05) is 0 Å². The van der Waals surface area contributed by atoms with Crippen LogP contribution in [-0.2, 0) is 9.47 Å². The van der Waals surface area contributed by atoms with E-state index in [0.717, 1.165) is 58.3 Å². The lowest BCUT2D eigenvalue weighted by molar-refractivity contribution is -0.0241. The third-order valence-corrected chi connectivity index (χ3v) is 7.66. The van der Waals surface area contributed by atoms with E-state index in [1.54, 1.807) is 0 Å². The number of carbonyl (C=O) groups excluding carboxylic acids is 1. The highest BCUT2D eigenvalue weighted by atomic mass is 16.7. The van der Waals surface area contributed by atoms with Gasteiger partial charge in [0.1, 0.15) is 12.2 Å². The Kier molecular flexibility index (Phi) is 6.08. The van der Waals surface area contributed by atoms with Gasteiger partial charge in [0, 0.05) is 56.3 Å². The van der Waals surface area contributed by atoms with Crippen molar-refractivity contribution < 1.29 is 24.2 Å². The number of anilines is 1. The van der Waals surface area contributed by atoms with Crippen molar-refractivity contribution in [1.82, 2.24) is 14.8 Å². The molecule has 3 saturated heterocycles. The normalized spacial score (nSPS) is 30.1. The number of nitrogens with zero attached hydrogens (tertiary/aromatic N) is 4. The van der Waals surface area contributed by atoms with E-state index in [0.29, 0.717) is 12.8 Å². The van der Waals surface area contributed by atoms with Crippen molar-refractivity contribution in [3.63, 3.8) is 0 Å². The monoisotopic (exact) mass is 444 g/mol. The first-order chi connectivity index (χ1) is 15.6. The fourth-order valence-electron chi connectivity index (χ4n) is 6.12. The average Bonchev–Trinajstić information content (AvgIpc) is 3.16. The molecule has 5 rings (SSSR count). The third-order valence-electron chi connectivity index (χ3n) is 7.66. The average molecular weight is 445 g/mol. The molecule has 3 aliphatic heterocycles. The Morgan fingerprint density at radius 1 is 1.00 bits per heavy atom. The number of aromatic nitrogens is 1.